The first kappa shape index (κ1) is 24.8. The molecule has 2 unspecified atom stereocenters. The van der Waals surface area contributed by atoms with E-state index in [-0.39, 0.29) is 0 Å². The topological polar surface area (TPSA) is 12.5 Å². The van der Waals surface area contributed by atoms with Crippen molar-refractivity contribution >= 4 is 0 Å². The van der Waals surface area contributed by atoms with Gasteiger partial charge in [-0.25, -0.2) is 4.39 Å². The highest BCUT2D eigenvalue weighted by molar-refractivity contribution is 5.10. The average molecular weight is 463 g/mol. The normalized spacial score (nSPS) is 32.5. The molecule has 1 heterocycles. The molecule has 0 amide bonds. The predicted octanol–water partition coefficient (Wildman–Crippen LogP) is 5.16. The second-order valence-electron chi connectivity index (χ2n) is 5.09. The molecule has 0 aromatic carbocycles. The monoisotopic (exact) mass is 463 g/mol. The summed E-state index contributed by atoms with van der Waals surface area (Å²) in [6.07, 6.45) is -15.3. The summed E-state index contributed by atoms with van der Waals surface area (Å²) in [7, 11) is 0. The van der Waals surface area contributed by atoms with Crippen LogP contribution in [0.25, 0.3) is 0 Å². The molecule has 28 heavy (non-hydrogen) atoms. The maximum atomic E-state index is 13.6. The van der Waals surface area contributed by atoms with Crippen LogP contribution in [-0.2, 0) is 4.74 Å². The number of rotatable bonds is 3. The lowest BCUT2D eigenvalue weighted by molar-refractivity contribution is -0.602. The third-order valence-electron chi connectivity index (χ3n) is 3.23. The van der Waals surface area contributed by atoms with Gasteiger partial charge < -0.3 is 0 Å². The lowest BCUT2D eigenvalue weighted by Gasteiger charge is -2.55. The van der Waals surface area contributed by atoms with E-state index in [4.69, 9.17) is 0 Å². The fourth-order valence-electron chi connectivity index (χ4n) is 1.83. The number of alkyl halides is 17. The van der Waals surface area contributed by atoms with Gasteiger partial charge in [0.1, 0.15) is 0 Å². The van der Waals surface area contributed by atoms with Crippen molar-refractivity contribution < 1.29 is 79.4 Å². The molecule has 19 heteroatoms. The molecule has 168 valence electrons. The molecule has 0 N–H and O–H groups in total. The van der Waals surface area contributed by atoms with E-state index in [0.29, 0.717) is 0 Å². The molecular weight excluding hydrogens is 461 g/mol. The van der Waals surface area contributed by atoms with Crippen molar-refractivity contribution in [3.63, 3.8) is 0 Å². The van der Waals surface area contributed by atoms with Crippen LogP contribution in [0.5, 0.6) is 0 Å². The molecule has 0 radical (unpaired) electrons. The van der Waals surface area contributed by atoms with E-state index in [2.05, 4.69) is 0 Å². The van der Waals surface area contributed by atoms with Gasteiger partial charge in [0.25, 0.3) is 0 Å². The van der Waals surface area contributed by atoms with Gasteiger partial charge in [-0.15, -0.1) is 4.90 Å². The van der Waals surface area contributed by atoms with E-state index in [1.165, 1.54) is 0 Å². The molecule has 1 aliphatic rings. The Morgan fingerprint density at radius 1 is 0.607 bits per heavy atom. The van der Waals surface area contributed by atoms with Crippen LogP contribution in [0.4, 0.5) is 74.6 Å². The second-order valence-corrected chi connectivity index (χ2v) is 5.09. The first-order valence-corrected chi connectivity index (χ1v) is 5.97. The summed E-state index contributed by atoms with van der Waals surface area (Å²) in [5.41, 5.74) is 0. The highest BCUT2D eigenvalue weighted by Gasteiger charge is 2.96. The van der Waals surface area contributed by atoms with Crippen molar-refractivity contribution in [3.05, 3.63) is 0 Å². The number of morpholine rings is 1. The molecule has 1 saturated heterocycles. The van der Waals surface area contributed by atoms with Crippen LogP contribution >= 0.6 is 0 Å². The minimum Gasteiger partial charge on any atom is -0.282 e. The summed E-state index contributed by atoms with van der Waals surface area (Å²) in [6, 6.07) is -23.4. The van der Waals surface area contributed by atoms with Gasteiger partial charge in [0.2, 0.25) is 0 Å². The van der Waals surface area contributed by atoms with Crippen LogP contribution in [0, 0.1) is 0 Å². The summed E-state index contributed by atoms with van der Waals surface area (Å²) < 4.78 is 222. The third-order valence-corrected chi connectivity index (χ3v) is 3.23. The fraction of sp³-hybridized carbons (Fsp3) is 1.00. The van der Waals surface area contributed by atoms with E-state index in [0.717, 1.165) is 0 Å². The average Bonchev–Trinajstić information content (AvgIpc) is 2.41. The first-order chi connectivity index (χ1) is 11.9. The van der Waals surface area contributed by atoms with Gasteiger partial charge in [0, 0.05) is 0 Å². The molecule has 1 fully saturated rings. The molecule has 2 atom stereocenters. The van der Waals surface area contributed by atoms with Gasteiger partial charge >= 0.3 is 48.1 Å². The summed E-state index contributed by atoms with van der Waals surface area (Å²) in [6.45, 7) is -3.92. The molecule has 0 aromatic heterocycles. The van der Waals surface area contributed by atoms with Crippen LogP contribution < -0.4 is 0 Å². The molecule has 1 aliphatic heterocycles. The third kappa shape index (κ3) is 2.78. The largest absolute Gasteiger partial charge is 0.456 e. The molecule has 0 aliphatic carbocycles. The fourth-order valence-corrected chi connectivity index (χ4v) is 1.83. The SMILES string of the molecule is FCC(F)(F)C(F)(F)N1C(F)(F)C(F)(C(F)(F)F)OC(F)(C(F)(F)F)C1(F)F. The zero-order valence-corrected chi connectivity index (χ0v) is 12.0. The van der Waals surface area contributed by atoms with Crippen LogP contribution in [-0.4, -0.2) is 59.7 Å². The van der Waals surface area contributed by atoms with Crippen LogP contribution in [0.3, 0.4) is 0 Å². The van der Waals surface area contributed by atoms with Gasteiger partial charge in [-0.1, -0.05) is 0 Å². The number of ether oxygens (including phenoxy) is 1. The Kier molecular flexibility index (Phi) is 5.20. The number of halogens is 17. The first-order valence-electron chi connectivity index (χ1n) is 5.97. The van der Waals surface area contributed by atoms with E-state index in [9.17, 15) is 74.6 Å². The van der Waals surface area contributed by atoms with E-state index < -0.39 is 59.7 Å². The quantitative estimate of drug-likeness (QED) is 0.424. The molecule has 0 spiro atoms. The van der Waals surface area contributed by atoms with E-state index in [1.54, 1.807) is 4.74 Å². The highest BCUT2D eigenvalue weighted by Crippen LogP contribution is 2.65. The number of hydrogen-bond donors (Lipinski definition) is 0. The van der Waals surface area contributed by atoms with Crippen molar-refractivity contribution in [1.29, 1.82) is 0 Å². The van der Waals surface area contributed by atoms with Crippen molar-refractivity contribution in [2.24, 2.45) is 0 Å². The summed E-state index contributed by atoms with van der Waals surface area (Å²) in [5.74, 6) is -22.2. The van der Waals surface area contributed by atoms with E-state index >= 15 is 0 Å². The van der Waals surface area contributed by atoms with Gasteiger partial charge in [-0.2, -0.15) is 70.2 Å². The Morgan fingerprint density at radius 2 is 0.893 bits per heavy atom. The predicted molar refractivity (Wildman–Crippen MR) is 48.5 cm³/mol. The second kappa shape index (κ2) is 5.88. The molecule has 0 saturated carbocycles. The standard InChI is InChI=1S/C9H2F17NO/c10-1-2(11,12)7(21,22)27-8(23,24)3(13,5(15,16)17)28-4(14,6(18,19)20)9(27,25)26/h1H2. The van der Waals surface area contributed by atoms with Crippen molar-refractivity contribution in [1.82, 2.24) is 4.90 Å². The molecule has 2 nitrogen and oxygen atoms in total. The van der Waals surface area contributed by atoms with Crippen LogP contribution in [0.1, 0.15) is 0 Å². The lowest BCUT2D eigenvalue weighted by atomic mass is 10.0. The minimum absolute atomic E-state index is 1.60. The zero-order valence-electron chi connectivity index (χ0n) is 12.0. The lowest BCUT2D eigenvalue weighted by Crippen LogP contribution is -2.85. The molecule has 0 bridgehead atoms. The van der Waals surface area contributed by atoms with Gasteiger partial charge in [-0.3, -0.25) is 4.74 Å². The summed E-state index contributed by atoms with van der Waals surface area (Å²) in [4.78, 5) is -4.34. The Morgan fingerprint density at radius 3 is 1.11 bits per heavy atom. The maximum Gasteiger partial charge on any atom is 0.456 e. The Bertz CT molecular complexity index is 571. The molecule has 1 rings (SSSR count). The molecular formula is C9H2F17NO. The van der Waals surface area contributed by atoms with Gasteiger partial charge in [0.05, 0.1) is 0 Å². The smallest absolute Gasteiger partial charge is 0.282 e. The zero-order chi connectivity index (χ0) is 23.0. The van der Waals surface area contributed by atoms with Gasteiger partial charge in [-0.05, 0) is 0 Å². The van der Waals surface area contributed by atoms with Crippen LogP contribution in [0.2, 0.25) is 0 Å². The van der Waals surface area contributed by atoms with E-state index in [1.807, 2.05) is 0 Å². The minimum atomic E-state index is -7.84. The Labute approximate surface area is 140 Å². The molecule has 0 aromatic rings. The summed E-state index contributed by atoms with van der Waals surface area (Å²) >= 11 is 0. The van der Waals surface area contributed by atoms with Crippen molar-refractivity contribution in [2.45, 2.75) is 48.1 Å². The Hall–Kier alpha value is -1.27. The summed E-state index contributed by atoms with van der Waals surface area (Å²) in [5, 5.41) is 0. The van der Waals surface area contributed by atoms with Crippen molar-refractivity contribution in [2.75, 3.05) is 6.67 Å². The van der Waals surface area contributed by atoms with Crippen LogP contribution in [0.15, 0.2) is 0 Å². The van der Waals surface area contributed by atoms with Crippen molar-refractivity contribution in [3.8, 4) is 0 Å². The number of hydrogen-bond acceptors (Lipinski definition) is 2. The number of nitrogens with zero attached hydrogens (tertiary/aromatic N) is 1. The highest BCUT2D eigenvalue weighted by atomic mass is 19.4. The van der Waals surface area contributed by atoms with Gasteiger partial charge in [0.15, 0.2) is 6.67 Å². The Balaban J connectivity index is 4.04. The maximum absolute atomic E-state index is 13.6.